The lowest BCUT2D eigenvalue weighted by Gasteiger charge is -2.21. The van der Waals surface area contributed by atoms with Crippen molar-refractivity contribution in [2.24, 2.45) is 0 Å². The van der Waals surface area contributed by atoms with Crippen LogP contribution < -0.4 is 5.73 Å². The van der Waals surface area contributed by atoms with Crippen molar-refractivity contribution in [2.75, 3.05) is 5.73 Å². The van der Waals surface area contributed by atoms with Gasteiger partial charge in [0.05, 0.1) is 0 Å². The Kier molecular flexibility index (Phi) is 3.40. The van der Waals surface area contributed by atoms with Crippen molar-refractivity contribution in [3.05, 3.63) is 27.7 Å². The number of Topliss-reactive ketones (excluding diaryl/α,β-unsaturated/α-hetero) is 2. The number of anilines is 1. The quantitative estimate of drug-likeness (QED) is 0.631. The van der Waals surface area contributed by atoms with E-state index in [4.69, 9.17) is 28.9 Å². The molecule has 3 nitrogen and oxygen atoms in total. The summed E-state index contributed by atoms with van der Waals surface area (Å²) in [5.74, 6) is -1.05. The van der Waals surface area contributed by atoms with E-state index in [0.717, 1.165) is 0 Å². The second-order valence-corrected chi connectivity index (χ2v) is 4.93. The summed E-state index contributed by atoms with van der Waals surface area (Å²) in [4.78, 5) is 23.7. The lowest BCUT2D eigenvalue weighted by molar-refractivity contribution is -0.131. The molecular weight excluding hydrogens is 261 g/mol. The zero-order valence-electron chi connectivity index (χ0n) is 9.00. The Morgan fingerprint density at radius 2 is 1.53 bits per heavy atom. The number of benzene rings is 1. The number of ketones is 2. The van der Waals surface area contributed by atoms with Gasteiger partial charge in [-0.1, -0.05) is 23.2 Å². The van der Waals surface area contributed by atoms with Crippen LogP contribution in [0.5, 0.6) is 0 Å². The topological polar surface area (TPSA) is 60.2 Å². The number of carbonyl (C=O) groups is 2. The van der Waals surface area contributed by atoms with Gasteiger partial charge in [-0.05, 0) is 18.6 Å². The maximum atomic E-state index is 11.8. The average Bonchev–Trinajstić information content (AvgIpc) is 2.21. The third-order valence-electron chi connectivity index (χ3n) is 2.88. The minimum atomic E-state index is -0.815. The SMILES string of the molecule is Nc1cc(Cl)c(C2C(=O)CCCC2=O)c(Cl)c1. The van der Waals surface area contributed by atoms with E-state index in [-0.39, 0.29) is 21.6 Å². The van der Waals surface area contributed by atoms with Gasteiger partial charge >= 0.3 is 0 Å². The van der Waals surface area contributed by atoms with Gasteiger partial charge in [-0.3, -0.25) is 9.59 Å². The Morgan fingerprint density at radius 1 is 1.06 bits per heavy atom. The van der Waals surface area contributed by atoms with E-state index in [9.17, 15) is 9.59 Å². The predicted molar refractivity (Wildman–Crippen MR) is 67.5 cm³/mol. The molecule has 2 N–H and O–H groups in total. The van der Waals surface area contributed by atoms with Gasteiger partial charge in [-0.2, -0.15) is 0 Å². The van der Waals surface area contributed by atoms with Crippen molar-refractivity contribution >= 4 is 40.5 Å². The molecule has 1 aliphatic rings. The smallest absolute Gasteiger partial charge is 0.147 e. The summed E-state index contributed by atoms with van der Waals surface area (Å²) in [5.41, 5.74) is 6.40. The maximum absolute atomic E-state index is 11.8. The largest absolute Gasteiger partial charge is 0.399 e. The minimum Gasteiger partial charge on any atom is -0.399 e. The van der Waals surface area contributed by atoms with Gasteiger partial charge in [0, 0.05) is 34.1 Å². The number of rotatable bonds is 1. The van der Waals surface area contributed by atoms with Crippen LogP contribution in [0, 0.1) is 0 Å². The summed E-state index contributed by atoms with van der Waals surface area (Å²) < 4.78 is 0. The van der Waals surface area contributed by atoms with E-state index in [1.807, 2.05) is 0 Å². The summed E-state index contributed by atoms with van der Waals surface area (Å²) in [7, 11) is 0. The molecule has 17 heavy (non-hydrogen) atoms. The summed E-state index contributed by atoms with van der Waals surface area (Å²) >= 11 is 12.1. The highest BCUT2D eigenvalue weighted by molar-refractivity contribution is 6.37. The molecule has 2 rings (SSSR count). The normalized spacial score (nSPS) is 17.5. The van der Waals surface area contributed by atoms with E-state index >= 15 is 0 Å². The van der Waals surface area contributed by atoms with Crippen LogP contribution in [0.3, 0.4) is 0 Å². The Hall–Kier alpha value is -1.06. The number of hydrogen-bond acceptors (Lipinski definition) is 3. The Bertz CT molecular complexity index is 460. The fourth-order valence-corrected chi connectivity index (χ4v) is 2.83. The number of hydrogen-bond donors (Lipinski definition) is 1. The van der Waals surface area contributed by atoms with Crippen molar-refractivity contribution in [2.45, 2.75) is 25.2 Å². The van der Waals surface area contributed by atoms with E-state index in [0.29, 0.717) is 30.5 Å². The van der Waals surface area contributed by atoms with Crippen molar-refractivity contribution in [1.29, 1.82) is 0 Å². The van der Waals surface area contributed by atoms with Gasteiger partial charge in [0.25, 0.3) is 0 Å². The molecule has 1 aliphatic carbocycles. The van der Waals surface area contributed by atoms with Gasteiger partial charge in [0.1, 0.15) is 17.5 Å². The Balaban J connectivity index is 2.52. The van der Waals surface area contributed by atoms with Crippen LogP contribution in [0.25, 0.3) is 0 Å². The molecular formula is C12H11Cl2NO2. The summed E-state index contributed by atoms with van der Waals surface area (Å²) in [5, 5.41) is 0.562. The van der Waals surface area contributed by atoms with Gasteiger partial charge in [0.2, 0.25) is 0 Å². The second-order valence-electron chi connectivity index (χ2n) is 4.12. The van der Waals surface area contributed by atoms with Crippen LogP contribution >= 0.6 is 23.2 Å². The van der Waals surface area contributed by atoms with E-state index in [2.05, 4.69) is 0 Å². The molecule has 0 amide bonds. The molecule has 90 valence electrons. The van der Waals surface area contributed by atoms with E-state index < -0.39 is 5.92 Å². The molecule has 1 aromatic carbocycles. The third kappa shape index (κ3) is 2.31. The van der Waals surface area contributed by atoms with Crippen LogP contribution in [-0.2, 0) is 9.59 Å². The zero-order valence-corrected chi connectivity index (χ0v) is 10.5. The molecule has 1 saturated carbocycles. The number of halogens is 2. The highest BCUT2D eigenvalue weighted by Crippen LogP contribution is 2.37. The molecule has 0 bridgehead atoms. The summed E-state index contributed by atoms with van der Waals surface area (Å²) in [6.07, 6.45) is 1.40. The van der Waals surface area contributed by atoms with Crippen molar-refractivity contribution in [3.63, 3.8) is 0 Å². The van der Waals surface area contributed by atoms with Crippen LogP contribution in [0.1, 0.15) is 30.7 Å². The molecule has 0 heterocycles. The fourth-order valence-electron chi connectivity index (χ4n) is 2.11. The lowest BCUT2D eigenvalue weighted by Crippen LogP contribution is -2.27. The highest BCUT2D eigenvalue weighted by Gasteiger charge is 2.34. The monoisotopic (exact) mass is 271 g/mol. The maximum Gasteiger partial charge on any atom is 0.147 e. The molecule has 1 aromatic rings. The first-order chi connectivity index (χ1) is 8.00. The standard InChI is InChI=1S/C12H11Cl2NO2/c13-7-4-6(15)5-8(14)11(7)12-9(16)2-1-3-10(12)17/h4-5,12H,1-3,15H2. The van der Waals surface area contributed by atoms with Crippen molar-refractivity contribution < 1.29 is 9.59 Å². The van der Waals surface area contributed by atoms with Crippen LogP contribution in [0.15, 0.2) is 12.1 Å². The molecule has 0 spiro atoms. The number of nitrogens with two attached hydrogens (primary N) is 1. The van der Waals surface area contributed by atoms with Crippen LogP contribution in [0.4, 0.5) is 5.69 Å². The molecule has 1 fully saturated rings. The van der Waals surface area contributed by atoms with Crippen molar-refractivity contribution in [3.8, 4) is 0 Å². The van der Waals surface area contributed by atoms with Gasteiger partial charge < -0.3 is 5.73 Å². The molecule has 0 saturated heterocycles. The van der Waals surface area contributed by atoms with Gasteiger partial charge in [0.15, 0.2) is 0 Å². The first-order valence-electron chi connectivity index (χ1n) is 5.30. The van der Waals surface area contributed by atoms with Gasteiger partial charge in [-0.15, -0.1) is 0 Å². The summed E-state index contributed by atoms with van der Waals surface area (Å²) in [6, 6.07) is 3.02. The van der Waals surface area contributed by atoms with E-state index in [1.165, 1.54) is 12.1 Å². The molecule has 0 radical (unpaired) electrons. The Morgan fingerprint density at radius 3 is 2.00 bits per heavy atom. The Labute approximate surface area is 109 Å². The molecule has 5 heteroatoms. The third-order valence-corrected chi connectivity index (χ3v) is 3.51. The molecule has 0 aromatic heterocycles. The van der Waals surface area contributed by atoms with Crippen molar-refractivity contribution in [1.82, 2.24) is 0 Å². The molecule has 0 unspecified atom stereocenters. The first-order valence-corrected chi connectivity index (χ1v) is 6.06. The number of nitrogen functional groups attached to an aromatic ring is 1. The summed E-state index contributed by atoms with van der Waals surface area (Å²) in [6.45, 7) is 0. The predicted octanol–water partition coefficient (Wildman–Crippen LogP) is 2.98. The van der Waals surface area contributed by atoms with Gasteiger partial charge in [-0.25, -0.2) is 0 Å². The highest BCUT2D eigenvalue weighted by atomic mass is 35.5. The molecule has 0 atom stereocenters. The first kappa shape index (κ1) is 12.4. The second kappa shape index (κ2) is 4.67. The van der Waals surface area contributed by atoms with Crippen LogP contribution in [-0.4, -0.2) is 11.6 Å². The lowest BCUT2D eigenvalue weighted by atomic mass is 9.82. The molecule has 0 aliphatic heterocycles. The zero-order chi connectivity index (χ0) is 12.6. The van der Waals surface area contributed by atoms with E-state index in [1.54, 1.807) is 0 Å². The average molecular weight is 272 g/mol. The minimum absolute atomic E-state index is 0.116. The van der Waals surface area contributed by atoms with Crippen LogP contribution in [0.2, 0.25) is 10.0 Å². The fraction of sp³-hybridized carbons (Fsp3) is 0.333. The number of carbonyl (C=O) groups excluding carboxylic acids is 2.